The molecule has 12 nitrogen and oxygen atoms in total. The molecule has 1 aliphatic heterocycles. The summed E-state index contributed by atoms with van der Waals surface area (Å²) in [5, 5.41) is 23.0. The van der Waals surface area contributed by atoms with Crippen molar-refractivity contribution in [2.24, 2.45) is 11.5 Å². The van der Waals surface area contributed by atoms with Crippen LogP contribution in [0.3, 0.4) is 0 Å². The van der Waals surface area contributed by atoms with Gasteiger partial charge in [0.2, 0.25) is 17.7 Å². The molecule has 4 atom stereocenters. The molecule has 0 aromatic heterocycles. The van der Waals surface area contributed by atoms with Crippen molar-refractivity contribution in [1.29, 1.82) is 0 Å². The van der Waals surface area contributed by atoms with Gasteiger partial charge in [-0.2, -0.15) is 12.6 Å². The summed E-state index contributed by atoms with van der Waals surface area (Å²) in [5.74, 6) is -4.63. The summed E-state index contributed by atoms with van der Waals surface area (Å²) < 4.78 is 0. The Labute approximate surface area is 185 Å². The molecule has 0 unspecified atom stereocenters. The van der Waals surface area contributed by atoms with Gasteiger partial charge >= 0.3 is 11.9 Å². The van der Waals surface area contributed by atoms with E-state index in [1.165, 1.54) is 4.90 Å². The van der Waals surface area contributed by atoms with Gasteiger partial charge in [-0.1, -0.05) is 0 Å². The Morgan fingerprint density at radius 2 is 1.77 bits per heavy atom. The number of aliphatic carboxylic acids is 2. The molecule has 1 saturated heterocycles. The predicted molar refractivity (Wildman–Crippen MR) is 113 cm³/mol. The lowest BCUT2D eigenvalue weighted by Gasteiger charge is -2.28. The normalized spacial score (nSPS) is 18.7. The van der Waals surface area contributed by atoms with Gasteiger partial charge in [-0.05, 0) is 38.6 Å². The largest absolute Gasteiger partial charge is 0.481 e. The number of carbonyl (C=O) groups excluding carboxylic acids is 3. The zero-order valence-corrected chi connectivity index (χ0v) is 18.1. The van der Waals surface area contributed by atoms with Crippen molar-refractivity contribution in [3.8, 4) is 0 Å². The van der Waals surface area contributed by atoms with Crippen LogP contribution in [0.5, 0.6) is 0 Å². The first-order chi connectivity index (χ1) is 14.6. The number of thiol groups is 1. The molecule has 1 heterocycles. The highest BCUT2D eigenvalue weighted by molar-refractivity contribution is 7.80. The second-order valence-corrected chi connectivity index (χ2v) is 7.69. The lowest BCUT2D eigenvalue weighted by molar-refractivity contribution is -0.144. The number of carboxylic acids is 2. The molecule has 8 N–H and O–H groups in total. The molecular formula is C18H31N5O7S. The molecular weight excluding hydrogens is 430 g/mol. The number of nitrogens with one attached hydrogen (secondary N) is 2. The van der Waals surface area contributed by atoms with Crippen molar-refractivity contribution in [3.05, 3.63) is 0 Å². The Kier molecular flexibility index (Phi) is 11.3. The van der Waals surface area contributed by atoms with Crippen LogP contribution >= 0.6 is 12.6 Å². The second kappa shape index (κ2) is 13.1. The summed E-state index contributed by atoms with van der Waals surface area (Å²) in [6.45, 7) is 0.669. The lowest BCUT2D eigenvalue weighted by Crippen LogP contribution is -2.57. The third kappa shape index (κ3) is 8.34. The number of amides is 3. The maximum atomic E-state index is 12.7. The maximum Gasteiger partial charge on any atom is 0.326 e. The minimum atomic E-state index is -1.50. The van der Waals surface area contributed by atoms with Gasteiger partial charge < -0.3 is 37.2 Å². The predicted octanol–water partition coefficient (Wildman–Crippen LogP) is -2.11. The summed E-state index contributed by atoms with van der Waals surface area (Å²) in [5.41, 5.74) is 11.1. The Morgan fingerprint density at radius 3 is 2.32 bits per heavy atom. The molecule has 1 rings (SSSR count). The number of carboxylic acid groups (broad SMARTS) is 2. The van der Waals surface area contributed by atoms with Gasteiger partial charge in [0.05, 0.1) is 12.5 Å². The van der Waals surface area contributed by atoms with E-state index in [9.17, 15) is 29.1 Å². The first-order valence-corrected chi connectivity index (χ1v) is 10.7. The summed E-state index contributed by atoms with van der Waals surface area (Å²) in [4.78, 5) is 61.5. The molecule has 0 aliphatic carbocycles. The number of rotatable bonds is 13. The van der Waals surface area contributed by atoms with E-state index in [0.29, 0.717) is 38.8 Å². The number of carbonyl (C=O) groups is 5. The van der Waals surface area contributed by atoms with Crippen LogP contribution in [0.4, 0.5) is 0 Å². The molecule has 0 aromatic rings. The SMILES string of the molecule is NCCCC[C@H](NC(=O)[C@H](CC(=O)O)NC(=O)[C@@H]1CCCN1C(=O)[C@@H](N)CS)C(=O)O. The van der Waals surface area contributed by atoms with Crippen molar-refractivity contribution >= 4 is 42.3 Å². The molecule has 0 radical (unpaired) electrons. The van der Waals surface area contributed by atoms with Crippen molar-refractivity contribution in [3.63, 3.8) is 0 Å². The summed E-state index contributed by atoms with van der Waals surface area (Å²) in [6, 6.07) is -4.54. The quantitative estimate of drug-likeness (QED) is 0.118. The molecule has 1 aliphatic rings. The molecule has 1 fully saturated rings. The standard InChI is InChI=1S/C18H31N5O7S/c19-6-2-1-4-11(18(29)30)21-15(26)12(8-14(24)25)22-16(27)13-5-3-7-23(13)17(28)10(20)9-31/h10-13,31H,1-9,19-20H2,(H,21,26)(H,22,27)(H,24,25)(H,29,30)/t10-,11-,12-,13-/m0/s1. The molecule has 0 bridgehead atoms. The fourth-order valence-corrected chi connectivity index (χ4v) is 3.42. The van der Waals surface area contributed by atoms with Crippen LogP contribution in [0.2, 0.25) is 0 Å². The van der Waals surface area contributed by atoms with Gasteiger partial charge in [-0.15, -0.1) is 0 Å². The zero-order valence-electron chi connectivity index (χ0n) is 17.2. The maximum absolute atomic E-state index is 12.7. The van der Waals surface area contributed by atoms with E-state index in [1.54, 1.807) is 0 Å². The van der Waals surface area contributed by atoms with Crippen molar-refractivity contribution in [2.45, 2.75) is 62.7 Å². The molecule has 13 heteroatoms. The monoisotopic (exact) mass is 461 g/mol. The van der Waals surface area contributed by atoms with Crippen molar-refractivity contribution < 1.29 is 34.2 Å². The first-order valence-electron chi connectivity index (χ1n) is 10.0. The van der Waals surface area contributed by atoms with Crippen molar-refractivity contribution in [2.75, 3.05) is 18.8 Å². The zero-order chi connectivity index (χ0) is 23.6. The van der Waals surface area contributed by atoms with Crippen LogP contribution in [0.15, 0.2) is 0 Å². The smallest absolute Gasteiger partial charge is 0.326 e. The number of likely N-dealkylation sites (tertiary alicyclic amines) is 1. The fraction of sp³-hybridized carbons (Fsp3) is 0.722. The second-order valence-electron chi connectivity index (χ2n) is 7.32. The van der Waals surface area contributed by atoms with Gasteiger partial charge in [0.25, 0.3) is 0 Å². The van der Waals surface area contributed by atoms with Crippen LogP contribution in [0, 0.1) is 0 Å². The minimum absolute atomic E-state index is 0.0917. The van der Waals surface area contributed by atoms with E-state index >= 15 is 0 Å². The third-order valence-electron chi connectivity index (χ3n) is 4.93. The minimum Gasteiger partial charge on any atom is -0.481 e. The van der Waals surface area contributed by atoms with E-state index < -0.39 is 60.2 Å². The lowest BCUT2D eigenvalue weighted by atomic mass is 10.1. The number of hydrogen-bond acceptors (Lipinski definition) is 8. The average molecular weight is 462 g/mol. The van der Waals surface area contributed by atoms with Crippen LogP contribution in [-0.2, 0) is 24.0 Å². The van der Waals surface area contributed by atoms with Crippen LogP contribution in [-0.4, -0.2) is 87.8 Å². The average Bonchev–Trinajstić information content (AvgIpc) is 3.20. The fourth-order valence-electron chi connectivity index (χ4n) is 3.27. The van der Waals surface area contributed by atoms with E-state index in [0.717, 1.165) is 0 Å². The van der Waals surface area contributed by atoms with Crippen LogP contribution in [0.25, 0.3) is 0 Å². The number of hydrogen-bond donors (Lipinski definition) is 7. The van der Waals surface area contributed by atoms with Gasteiger partial charge in [0.1, 0.15) is 18.1 Å². The van der Waals surface area contributed by atoms with Gasteiger partial charge in [0.15, 0.2) is 0 Å². The Hall–Kier alpha value is -2.38. The van der Waals surface area contributed by atoms with Crippen LogP contribution in [0.1, 0.15) is 38.5 Å². The molecule has 0 spiro atoms. The number of nitrogens with two attached hydrogens (primary N) is 2. The number of unbranched alkanes of at least 4 members (excludes halogenated alkanes) is 1. The van der Waals surface area contributed by atoms with E-state index in [1.807, 2.05) is 0 Å². The molecule has 0 saturated carbocycles. The first kappa shape index (κ1) is 26.7. The summed E-state index contributed by atoms with van der Waals surface area (Å²) in [7, 11) is 0. The Balaban J connectivity index is 2.87. The Bertz CT molecular complexity index is 678. The topological polar surface area (TPSA) is 205 Å². The molecule has 0 aromatic carbocycles. The molecule has 31 heavy (non-hydrogen) atoms. The Morgan fingerprint density at radius 1 is 1.10 bits per heavy atom. The van der Waals surface area contributed by atoms with Gasteiger partial charge in [-0.3, -0.25) is 19.2 Å². The van der Waals surface area contributed by atoms with E-state index in [-0.39, 0.29) is 12.2 Å². The molecule has 176 valence electrons. The third-order valence-corrected chi connectivity index (χ3v) is 5.32. The molecule has 3 amide bonds. The summed E-state index contributed by atoms with van der Waals surface area (Å²) in [6.07, 6.45) is 1.25. The van der Waals surface area contributed by atoms with Crippen LogP contribution < -0.4 is 22.1 Å². The van der Waals surface area contributed by atoms with E-state index in [2.05, 4.69) is 23.3 Å². The van der Waals surface area contributed by atoms with Gasteiger partial charge in [-0.25, -0.2) is 4.79 Å². The summed E-state index contributed by atoms with van der Waals surface area (Å²) >= 11 is 3.98. The highest BCUT2D eigenvalue weighted by atomic mass is 32.1. The number of nitrogens with zero attached hydrogens (tertiary/aromatic N) is 1. The van der Waals surface area contributed by atoms with Gasteiger partial charge in [0, 0.05) is 12.3 Å². The highest BCUT2D eigenvalue weighted by Crippen LogP contribution is 2.19. The highest BCUT2D eigenvalue weighted by Gasteiger charge is 2.38. The van der Waals surface area contributed by atoms with Crippen molar-refractivity contribution in [1.82, 2.24) is 15.5 Å². The van der Waals surface area contributed by atoms with E-state index in [4.69, 9.17) is 16.6 Å².